The van der Waals surface area contributed by atoms with E-state index in [-0.39, 0.29) is 29.0 Å². The third kappa shape index (κ3) is 2.08. The van der Waals surface area contributed by atoms with Crippen LogP contribution in [0.1, 0.15) is 46.0 Å². The molecule has 142 valence electrons. The fourth-order valence-corrected chi connectivity index (χ4v) is 6.92. The summed E-state index contributed by atoms with van der Waals surface area (Å²) in [6.07, 6.45) is 7.68. The van der Waals surface area contributed by atoms with E-state index in [2.05, 4.69) is 6.92 Å². The minimum absolute atomic E-state index is 0.00912. The predicted molar refractivity (Wildman–Crippen MR) is 95.0 cm³/mol. The quantitative estimate of drug-likeness (QED) is 0.695. The van der Waals surface area contributed by atoms with Crippen molar-refractivity contribution in [1.29, 1.82) is 0 Å². The molecule has 4 unspecified atom stereocenters. The topological polar surface area (TPSA) is 94.8 Å². The molecule has 4 aliphatic carbocycles. The van der Waals surface area contributed by atoms with Crippen LogP contribution in [0.5, 0.6) is 0 Å². The summed E-state index contributed by atoms with van der Waals surface area (Å²) in [5.41, 5.74) is -1.54. The molecule has 7 atom stereocenters. The summed E-state index contributed by atoms with van der Waals surface area (Å²) in [5.74, 6) is -0.227. The van der Waals surface area contributed by atoms with E-state index in [1.165, 1.54) is 0 Å². The van der Waals surface area contributed by atoms with E-state index in [9.17, 15) is 24.9 Å². The number of allylic oxidation sites excluding steroid dienone is 4. The molecule has 4 rings (SSSR count). The van der Waals surface area contributed by atoms with Gasteiger partial charge in [0.1, 0.15) is 12.2 Å². The number of hydrogen-bond acceptors (Lipinski definition) is 5. The largest absolute Gasteiger partial charge is 0.393 e. The Morgan fingerprint density at radius 1 is 1.31 bits per heavy atom. The fraction of sp³-hybridized carbons (Fsp3) is 0.714. The van der Waals surface area contributed by atoms with Gasteiger partial charge in [-0.15, -0.1) is 0 Å². The lowest BCUT2D eigenvalue weighted by Crippen LogP contribution is -2.61. The molecule has 5 heteroatoms. The van der Waals surface area contributed by atoms with E-state index in [4.69, 9.17) is 0 Å². The zero-order valence-corrected chi connectivity index (χ0v) is 15.4. The molecule has 5 nitrogen and oxygen atoms in total. The highest BCUT2D eigenvalue weighted by molar-refractivity contribution is 6.01. The molecule has 3 fully saturated rings. The first-order chi connectivity index (χ1) is 12.2. The number of aliphatic hydroxyl groups is 3. The van der Waals surface area contributed by atoms with Gasteiger partial charge < -0.3 is 15.3 Å². The van der Waals surface area contributed by atoms with Crippen LogP contribution in [0.3, 0.4) is 0 Å². The molecule has 3 saturated carbocycles. The first kappa shape index (κ1) is 18.1. The van der Waals surface area contributed by atoms with Gasteiger partial charge in [0.05, 0.1) is 6.10 Å². The van der Waals surface area contributed by atoms with Crippen molar-refractivity contribution in [1.82, 2.24) is 0 Å². The van der Waals surface area contributed by atoms with Crippen LogP contribution in [-0.4, -0.2) is 45.2 Å². The number of carbonyl (C=O) groups excluding carboxylic acids is 2. The van der Waals surface area contributed by atoms with Crippen LogP contribution in [0, 0.1) is 28.6 Å². The van der Waals surface area contributed by atoms with Gasteiger partial charge in [0.25, 0.3) is 0 Å². The lowest BCUT2D eigenvalue weighted by Gasteiger charge is -2.59. The standard InChI is InChI=1S/C21H28O5/c1-19-7-5-13(23)9-12(19)3-4-14-15-6-8-21(26,17(25)11-22)20(15,2)10-16(24)18(14)19/h5,7,9,14-16,18,22,24,26H,3-4,6,8,10-11H2,1-2H3/t14?,15?,16?,18?,19-,20+,21-/m0/s1. The number of ketones is 2. The second-order valence-corrected chi connectivity index (χ2v) is 9.19. The maximum absolute atomic E-state index is 12.4. The number of Topliss-reactive ketones (excluding diaryl/α,β-unsaturated/α-hetero) is 1. The predicted octanol–water partition coefficient (Wildman–Crippen LogP) is 1.56. The number of rotatable bonds is 2. The average Bonchev–Trinajstić information content (AvgIpc) is 2.86. The van der Waals surface area contributed by atoms with Crippen molar-refractivity contribution in [2.45, 2.75) is 57.7 Å². The van der Waals surface area contributed by atoms with Crippen molar-refractivity contribution >= 4 is 11.6 Å². The molecule has 0 aliphatic heterocycles. The van der Waals surface area contributed by atoms with Crippen LogP contribution in [0.25, 0.3) is 0 Å². The zero-order chi connectivity index (χ0) is 18.9. The van der Waals surface area contributed by atoms with Gasteiger partial charge in [-0.3, -0.25) is 9.59 Å². The summed E-state index contributed by atoms with van der Waals surface area (Å²) in [4.78, 5) is 24.2. The summed E-state index contributed by atoms with van der Waals surface area (Å²) in [7, 11) is 0. The number of aliphatic hydroxyl groups excluding tert-OH is 2. The Morgan fingerprint density at radius 2 is 2.04 bits per heavy atom. The lowest BCUT2D eigenvalue weighted by atomic mass is 9.46. The van der Waals surface area contributed by atoms with Crippen LogP contribution in [0.15, 0.2) is 23.8 Å². The van der Waals surface area contributed by atoms with E-state index in [1.807, 2.05) is 13.0 Å². The first-order valence-electron chi connectivity index (χ1n) is 9.66. The van der Waals surface area contributed by atoms with E-state index < -0.39 is 29.5 Å². The smallest absolute Gasteiger partial charge is 0.190 e. The second kappa shape index (κ2) is 5.60. The molecule has 0 heterocycles. The van der Waals surface area contributed by atoms with Crippen LogP contribution >= 0.6 is 0 Å². The minimum atomic E-state index is -1.56. The monoisotopic (exact) mass is 360 g/mol. The summed E-state index contributed by atoms with van der Waals surface area (Å²) in [5, 5.41) is 31.7. The molecule has 3 N–H and O–H groups in total. The summed E-state index contributed by atoms with van der Waals surface area (Å²) in [6, 6.07) is 0. The van der Waals surface area contributed by atoms with Crippen molar-refractivity contribution in [3.8, 4) is 0 Å². The molecular weight excluding hydrogens is 332 g/mol. The maximum Gasteiger partial charge on any atom is 0.190 e. The van der Waals surface area contributed by atoms with Crippen molar-refractivity contribution in [2.75, 3.05) is 6.61 Å². The lowest BCUT2D eigenvalue weighted by molar-refractivity contribution is -0.178. The van der Waals surface area contributed by atoms with Gasteiger partial charge >= 0.3 is 0 Å². The van der Waals surface area contributed by atoms with E-state index >= 15 is 0 Å². The molecule has 0 aromatic heterocycles. The van der Waals surface area contributed by atoms with Crippen molar-refractivity contribution < 1.29 is 24.9 Å². The highest BCUT2D eigenvalue weighted by atomic mass is 16.3. The van der Waals surface area contributed by atoms with Gasteiger partial charge in [-0.2, -0.15) is 0 Å². The Bertz CT molecular complexity index is 724. The van der Waals surface area contributed by atoms with E-state index in [1.54, 1.807) is 12.2 Å². The molecule has 0 spiro atoms. The Hall–Kier alpha value is -1.30. The number of carbonyl (C=O) groups is 2. The van der Waals surface area contributed by atoms with Crippen LogP contribution in [-0.2, 0) is 9.59 Å². The molecule has 0 amide bonds. The SMILES string of the molecule is C[C@]12C=CC(=O)C=C1CCC1C2C(O)C[C@]2(C)C1CC[C@]2(O)C(=O)CO. The Balaban J connectivity index is 1.75. The number of hydrogen-bond donors (Lipinski definition) is 3. The van der Waals surface area contributed by atoms with Crippen LogP contribution in [0.4, 0.5) is 0 Å². The molecule has 0 aromatic rings. The maximum atomic E-state index is 12.4. The van der Waals surface area contributed by atoms with Gasteiger partial charge in [0, 0.05) is 16.7 Å². The van der Waals surface area contributed by atoms with E-state index in [0.717, 1.165) is 24.8 Å². The van der Waals surface area contributed by atoms with Crippen molar-refractivity contribution in [3.05, 3.63) is 23.8 Å². The zero-order valence-electron chi connectivity index (χ0n) is 15.4. The van der Waals surface area contributed by atoms with Gasteiger partial charge in [-0.1, -0.05) is 25.5 Å². The van der Waals surface area contributed by atoms with Gasteiger partial charge in [-0.05, 0) is 56.1 Å². The minimum Gasteiger partial charge on any atom is -0.393 e. The second-order valence-electron chi connectivity index (χ2n) is 9.19. The Morgan fingerprint density at radius 3 is 2.73 bits per heavy atom. The van der Waals surface area contributed by atoms with Gasteiger partial charge in [-0.25, -0.2) is 0 Å². The van der Waals surface area contributed by atoms with Crippen molar-refractivity contribution in [3.63, 3.8) is 0 Å². The third-order valence-corrected chi connectivity index (χ3v) is 8.25. The fourth-order valence-electron chi connectivity index (χ4n) is 6.92. The summed E-state index contributed by atoms with van der Waals surface area (Å²) < 4.78 is 0. The molecule has 4 aliphatic rings. The highest BCUT2D eigenvalue weighted by Crippen LogP contribution is 2.67. The normalized spacial score (nSPS) is 49.9. The summed E-state index contributed by atoms with van der Waals surface area (Å²) in [6.45, 7) is 3.34. The number of fused-ring (bicyclic) bond motifs is 5. The molecule has 0 aromatic carbocycles. The molecule has 26 heavy (non-hydrogen) atoms. The van der Waals surface area contributed by atoms with Gasteiger partial charge in [0.2, 0.25) is 0 Å². The summed E-state index contributed by atoms with van der Waals surface area (Å²) >= 11 is 0. The highest BCUT2D eigenvalue weighted by Gasteiger charge is 2.67. The van der Waals surface area contributed by atoms with Crippen LogP contribution in [0.2, 0.25) is 0 Å². The molecule has 0 bridgehead atoms. The van der Waals surface area contributed by atoms with Gasteiger partial charge in [0.15, 0.2) is 11.6 Å². The Kier molecular flexibility index (Phi) is 3.89. The van der Waals surface area contributed by atoms with Crippen molar-refractivity contribution in [2.24, 2.45) is 28.6 Å². The Labute approximate surface area is 153 Å². The van der Waals surface area contributed by atoms with Crippen LogP contribution < -0.4 is 0 Å². The molecule has 0 saturated heterocycles. The first-order valence-corrected chi connectivity index (χ1v) is 9.66. The molecular formula is C21H28O5. The third-order valence-electron chi connectivity index (χ3n) is 8.25. The average molecular weight is 360 g/mol. The van der Waals surface area contributed by atoms with E-state index in [0.29, 0.717) is 12.8 Å². The molecule has 0 radical (unpaired) electrons.